The molecule has 1 aliphatic rings. The molecule has 2 aromatic heterocycles. The number of Topliss-reactive ketones (excluding diaryl/α,β-unsaturated/α-hetero) is 1. The summed E-state index contributed by atoms with van der Waals surface area (Å²) in [7, 11) is 0. The third-order valence-electron chi connectivity index (χ3n) is 7.69. The lowest BCUT2D eigenvalue weighted by Gasteiger charge is -2.28. The molecule has 0 spiro atoms. The maximum atomic E-state index is 12.9. The summed E-state index contributed by atoms with van der Waals surface area (Å²) in [5.74, 6) is 1.41. The Morgan fingerprint density at radius 2 is 1.76 bits per heavy atom. The van der Waals surface area contributed by atoms with E-state index in [4.69, 9.17) is 9.73 Å². The van der Waals surface area contributed by atoms with Gasteiger partial charge in [0.25, 0.3) is 0 Å². The van der Waals surface area contributed by atoms with Crippen LogP contribution >= 0.6 is 0 Å². The van der Waals surface area contributed by atoms with Crippen molar-refractivity contribution in [3.05, 3.63) is 71.4 Å². The number of fused-ring (bicyclic) bond motifs is 6. The van der Waals surface area contributed by atoms with Crippen molar-refractivity contribution < 1.29 is 9.53 Å². The molecule has 0 unspecified atom stereocenters. The van der Waals surface area contributed by atoms with Crippen molar-refractivity contribution in [1.82, 2.24) is 9.97 Å². The molecule has 188 valence electrons. The molecule has 0 amide bonds. The number of aliphatic imine (C=N–C) groups is 1. The Labute approximate surface area is 216 Å². The molecule has 0 radical (unpaired) electrons. The maximum absolute atomic E-state index is 12.9. The number of hydrogen-bond acceptors (Lipinski definition) is 3. The standard InChI is InChI=1S/C32H33N3O2/c1-18(2)11-5-6-12-21-19(3)31-30(27-23-14-8-10-16-26(23)34-29(21)27)35-28(20(4)36)32(37-31)24-17-33-25-15-9-7-13-22(24)25/h7-10,13-18,32-34H,5-6,11-12H2,1-4H3/t32-/m0/s1. The third kappa shape index (κ3) is 3.93. The molecular weight excluding hydrogens is 458 g/mol. The first kappa shape index (κ1) is 23.5. The van der Waals surface area contributed by atoms with Gasteiger partial charge in [-0.25, -0.2) is 4.99 Å². The van der Waals surface area contributed by atoms with Gasteiger partial charge in [0.05, 0.1) is 5.52 Å². The van der Waals surface area contributed by atoms with Crippen LogP contribution in [0.2, 0.25) is 0 Å². The highest BCUT2D eigenvalue weighted by Crippen LogP contribution is 2.49. The monoisotopic (exact) mass is 491 g/mol. The predicted octanol–water partition coefficient (Wildman–Crippen LogP) is 8.27. The second kappa shape index (κ2) is 9.22. The van der Waals surface area contributed by atoms with Gasteiger partial charge in [0.2, 0.25) is 0 Å². The van der Waals surface area contributed by atoms with E-state index in [-0.39, 0.29) is 5.78 Å². The lowest BCUT2D eigenvalue weighted by molar-refractivity contribution is -0.111. The zero-order valence-corrected chi connectivity index (χ0v) is 21.9. The summed E-state index contributed by atoms with van der Waals surface area (Å²) in [6.45, 7) is 8.28. The lowest BCUT2D eigenvalue weighted by atomic mass is 9.93. The van der Waals surface area contributed by atoms with Gasteiger partial charge in [-0.2, -0.15) is 0 Å². The van der Waals surface area contributed by atoms with Crippen LogP contribution in [-0.2, 0) is 11.2 Å². The Bertz CT molecular complexity index is 1690. The molecule has 5 heteroatoms. The van der Waals surface area contributed by atoms with Crippen molar-refractivity contribution in [1.29, 1.82) is 0 Å². The van der Waals surface area contributed by atoms with Crippen LogP contribution in [0.3, 0.4) is 0 Å². The van der Waals surface area contributed by atoms with Gasteiger partial charge >= 0.3 is 0 Å². The average Bonchev–Trinajstić information content (AvgIpc) is 3.49. The number of ketones is 1. The Kier molecular flexibility index (Phi) is 5.86. The zero-order chi connectivity index (χ0) is 25.7. The molecule has 5 aromatic rings. The Hall–Kier alpha value is -3.86. The highest BCUT2D eigenvalue weighted by atomic mass is 16.5. The highest BCUT2D eigenvalue weighted by molar-refractivity contribution is 6.42. The van der Waals surface area contributed by atoms with E-state index in [1.165, 1.54) is 18.4 Å². The van der Waals surface area contributed by atoms with E-state index in [1.807, 2.05) is 30.5 Å². The number of ether oxygens (including phenoxy) is 1. The van der Waals surface area contributed by atoms with Gasteiger partial charge in [0.1, 0.15) is 17.1 Å². The highest BCUT2D eigenvalue weighted by Gasteiger charge is 2.34. The number of carbonyl (C=O) groups excluding carboxylic acids is 1. The third-order valence-corrected chi connectivity index (χ3v) is 7.69. The van der Waals surface area contributed by atoms with Crippen molar-refractivity contribution in [3.63, 3.8) is 0 Å². The normalized spacial score (nSPS) is 15.4. The summed E-state index contributed by atoms with van der Waals surface area (Å²) in [4.78, 5) is 25.0. The number of nitrogens with zero attached hydrogens (tertiary/aromatic N) is 1. The fourth-order valence-corrected chi connectivity index (χ4v) is 5.79. The number of aromatic nitrogens is 2. The molecule has 3 aromatic carbocycles. The molecule has 0 saturated heterocycles. The van der Waals surface area contributed by atoms with Crippen LogP contribution < -0.4 is 4.74 Å². The summed E-state index contributed by atoms with van der Waals surface area (Å²) in [5, 5.41) is 3.20. The second-order valence-electron chi connectivity index (χ2n) is 10.7. The molecule has 1 atom stereocenters. The number of nitrogens with one attached hydrogen (secondary N) is 2. The number of unbranched alkanes of at least 4 members (excludes halogenated alkanes) is 1. The number of aryl methyl sites for hydroxylation is 1. The summed E-state index contributed by atoms with van der Waals surface area (Å²) >= 11 is 0. The van der Waals surface area contributed by atoms with E-state index in [9.17, 15) is 4.79 Å². The number of para-hydroxylation sites is 2. The minimum Gasteiger partial charge on any atom is -0.477 e. The predicted molar refractivity (Wildman–Crippen MR) is 152 cm³/mol. The van der Waals surface area contributed by atoms with Crippen LogP contribution in [0.1, 0.15) is 62.8 Å². The van der Waals surface area contributed by atoms with Crippen molar-refractivity contribution in [2.75, 3.05) is 0 Å². The fraction of sp³-hybridized carbons (Fsp3) is 0.312. The smallest absolute Gasteiger partial charge is 0.178 e. The van der Waals surface area contributed by atoms with E-state index in [1.54, 1.807) is 6.92 Å². The number of carbonyl (C=O) groups is 1. The van der Waals surface area contributed by atoms with Gasteiger partial charge < -0.3 is 14.7 Å². The largest absolute Gasteiger partial charge is 0.477 e. The van der Waals surface area contributed by atoms with Gasteiger partial charge in [-0.15, -0.1) is 0 Å². The average molecular weight is 492 g/mol. The maximum Gasteiger partial charge on any atom is 0.178 e. The summed E-state index contributed by atoms with van der Waals surface area (Å²) in [5.41, 5.74) is 7.74. The molecule has 0 aliphatic carbocycles. The van der Waals surface area contributed by atoms with Crippen LogP contribution in [0.4, 0.5) is 5.69 Å². The van der Waals surface area contributed by atoms with Gasteiger partial charge in [-0.1, -0.05) is 63.1 Å². The Morgan fingerprint density at radius 3 is 2.51 bits per heavy atom. The van der Waals surface area contributed by atoms with Crippen LogP contribution in [0.25, 0.3) is 32.7 Å². The Morgan fingerprint density at radius 1 is 1.03 bits per heavy atom. The number of benzene rings is 3. The van der Waals surface area contributed by atoms with Gasteiger partial charge in [-0.3, -0.25) is 4.79 Å². The first-order valence-electron chi connectivity index (χ1n) is 13.3. The van der Waals surface area contributed by atoms with Crippen LogP contribution in [0, 0.1) is 12.8 Å². The van der Waals surface area contributed by atoms with Crippen LogP contribution in [0.5, 0.6) is 5.75 Å². The van der Waals surface area contributed by atoms with E-state index < -0.39 is 6.10 Å². The minimum atomic E-state index is -0.559. The molecule has 0 fully saturated rings. The molecule has 1 aliphatic heterocycles. The van der Waals surface area contributed by atoms with Crippen LogP contribution in [-0.4, -0.2) is 21.5 Å². The molecule has 3 heterocycles. The van der Waals surface area contributed by atoms with Crippen molar-refractivity contribution in [3.8, 4) is 5.75 Å². The quantitative estimate of drug-likeness (QED) is 0.225. The number of hydrogen-bond donors (Lipinski definition) is 2. The number of rotatable bonds is 7. The molecule has 0 saturated carbocycles. The van der Waals surface area contributed by atoms with Gasteiger partial charge in [-0.05, 0) is 48.9 Å². The van der Waals surface area contributed by atoms with Crippen LogP contribution in [0.15, 0.2) is 59.7 Å². The van der Waals surface area contributed by atoms with E-state index in [2.05, 4.69) is 55.0 Å². The first-order chi connectivity index (χ1) is 17.9. The van der Waals surface area contributed by atoms with Crippen molar-refractivity contribution in [2.24, 2.45) is 10.9 Å². The second-order valence-corrected chi connectivity index (χ2v) is 10.7. The lowest BCUT2D eigenvalue weighted by Crippen LogP contribution is -2.27. The number of H-pyrrole nitrogens is 2. The van der Waals surface area contributed by atoms with Gasteiger partial charge in [0, 0.05) is 45.9 Å². The first-order valence-corrected chi connectivity index (χ1v) is 13.3. The van der Waals surface area contributed by atoms with Gasteiger partial charge in [0.15, 0.2) is 11.9 Å². The summed E-state index contributed by atoms with van der Waals surface area (Å²) in [6, 6.07) is 16.4. The topological polar surface area (TPSA) is 70.2 Å². The Balaban J connectivity index is 1.56. The number of aromatic amines is 2. The zero-order valence-electron chi connectivity index (χ0n) is 21.9. The van der Waals surface area contributed by atoms with E-state index in [0.717, 1.165) is 68.1 Å². The fourth-order valence-electron chi connectivity index (χ4n) is 5.79. The molecule has 2 N–H and O–H groups in total. The van der Waals surface area contributed by atoms with Crippen molar-refractivity contribution in [2.45, 2.75) is 59.5 Å². The molecule has 6 rings (SSSR count). The molecule has 37 heavy (non-hydrogen) atoms. The SMILES string of the molecule is CC(=O)C1=Nc2c(c(C)c(CCCCC(C)C)c3[nH]c4ccccc4c23)O[C@H]1c1c[nH]c2ccccc12. The summed E-state index contributed by atoms with van der Waals surface area (Å²) in [6.07, 6.45) is 5.91. The summed E-state index contributed by atoms with van der Waals surface area (Å²) < 4.78 is 6.82. The molecule has 5 nitrogen and oxygen atoms in total. The van der Waals surface area contributed by atoms with E-state index in [0.29, 0.717) is 11.6 Å². The van der Waals surface area contributed by atoms with Crippen molar-refractivity contribution >= 4 is 49.9 Å². The molecule has 0 bridgehead atoms. The molecular formula is C32H33N3O2. The minimum absolute atomic E-state index is 0.0793. The van der Waals surface area contributed by atoms with E-state index >= 15 is 0 Å².